The molecule has 0 spiro atoms. The van der Waals surface area contributed by atoms with Gasteiger partial charge in [-0.2, -0.15) is 0 Å². The third-order valence-electron chi connectivity index (χ3n) is 3.88. The van der Waals surface area contributed by atoms with E-state index in [4.69, 9.17) is 0 Å². The van der Waals surface area contributed by atoms with Gasteiger partial charge in [-0.1, -0.05) is 54.6 Å². The zero-order valence-electron chi connectivity index (χ0n) is 11.3. The van der Waals surface area contributed by atoms with Crippen molar-refractivity contribution in [2.45, 2.75) is 6.17 Å². The largest absolute Gasteiger partial charge is 0.361 e. The van der Waals surface area contributed by atoms with Crippen LogP contribution >= 0.6 is 0 Å². The smallest absolute Gasteiger partial charge is 0.255 e. The molecule has 0 fully saturated rings. The standard InChI is InChI=1S/C18H14N2O/c21-18-15-9-3-4-11-16(15)19-17(20-18)14-10-5-7-12-6-1-2-8-13(12)14/h1-11,17,19H,(H,20,21)/t17-/m1/s1. The van der Waals surface area contributed by atoms with Crippen molar-refractivity contribution in [3.05, 3.63) is 77.9 Å². The number of benzene rings is 3. The fourth-order valence-electron chi connectivity index (χ4n) is 2.87. The van der Waals surface area contributed by atoms with Crippen LogP contribution in [-0.4, -0.2) is 5.91 Å². The van der Waals surface area contributed by atoms with E-state index in [2.05, 4.69) is 28.8 Å². The summed E-state index contributed by atoms with van der Waals surface area (Å²) in [4.78, 5) is 12.3. The number of carbonyl (C=O) groups is 1. The van der Waals surface area contributed by atoms with Crippen molar-refractivity contribution in [2.75, 3.05) is 5.32 Å². The van der Waals surface area contributed by atoms with E-state index in [1.807, 2.05) is 48.5 Å². The molecule has 0 saturated carbocycles. The molecule has 0 saturated heterocycles. The van der Waals surface area contributed by atoms with Crippen LogP contribution in [0.3, 0.4) is 0 Å². The Bertz CT molecular complexity index is 836. The molecule has 0 radical (unpaired) electrons. The van der Waals surface area contributed by atoms with Gasteiger partial charge in [0.2, 0.25) is 0 Å². The lowest BCUT2D eigenvalue weighted by molar-refractivity contribution is 0.0936. The molecule has 3 heteroatoms. The summed E-state index contributed by atoms with van der Waals surface area (Å²) in [5.41, 5.74) is 2.64. The van der Waals surface area contributed by atoms with Crippen LogP contribution in [0, 0.1) is 0 Å². The first kappa shape index (κ1) is 12.0. The van der Waals surface area contributed by atoms with Gasteiger partial charge in [-0.25, -0.2) is 0 Å². The summed E-state index contributed by atoms with van der Waals surface area (Å²) in [7, 11) is 0. The van der Waals surface area contributed by atoms with Gasteiger partial charge in [-0.15, -0.1) is 0 Å². The van der Waals surface area contributed by atoms with Crippen LogP contribution in [-0.2, 0) is 0 Å². The van der Waals surface area contributed by atoms with Gasteiger partial charge in [-0.05, 0) is 22.9 Å². The Morgan fingerprint density at radius 3 is 2.48 bits per heavy atom. The average Bonchev–Trinajstić information content (AvgIpc) is 2.54. The van der Waals surface area contributed by atoms with Crippen LogP contribution in [0.1, 0.15) is 22.1 Å². The second-order valence-corrected chi connectivity index (χ2v) is 5.16. The van der Waals surface area contributed by atoms with E-state index in [1.165, 1.54) is 5.39 Å². The normalized spacial score (nSPS) is 17.0. The Kier molecular flexibility index (Phi) is 2.64. The minimum absolute atomic E-state index is 0.0396. The highest BCUT2D eigenvalue weighted by molar-refractivity contribution is 6.02. The molecule has 4 rings (SSSR count). The molecule has 3 nitrogen and oxygen atoms in total. The molecular formula is C18H14N2O. The third-order valence-corrected chi connectivity index (χ3v) is 3.88. The van der Waals surface area contributed by atoms with Gasteiger partial charge in [0.25, 0.3) is 5.91 Å². The number of carbonyl (C=O) groups excluding carboxylic acids is 1. The highest BCUT2D eigenvalue weighted by Gasteiger charge is 2.24. The number of anilines is 1. The molecule has 21 heavy (non-hydrogen) atoms. The van der Waals surface area contributed by atoms with Crippen LogP contribution in [0.25, 0.3) is 10.8 Å². The number of para-hydroxylation sites is 1. The average molecular weight is 274 g/mol. The predicted octanol–water partition coefficient (Wildman–Crippen LogP) is 3.69. The van der Waals surface area contributed by atoms with E-state index < -0.39 is 0 Å². The van der Waals surface area contributed by atoms with Gasteiger partial charge in [0.15, 0.2) is 0 Å². The first-order chi connectivity index (χ1) is 10.3. The number of hydrogen-bond donors (Lipinski definition) is 2. The lowest BCUT2D eigenvalue weighted by atomic mass is 10.00. The van der Waals surface area contributed by atoms with Crippen molar-refractivity contribution in [1.82, 2.24) is 5.32 Å². The highest BCUT2D eigenvalue weighted by Crippen LogP contribution is 2.30. The van der Waals surface area contributed by atoms with E-state index >= 15 is 0 Å². The Hall–Kier alpha value is -2.81. The monoisotopic (exact) mass is 274 g/mol. The van der Waals surface area contributed by atoms with E-state index in [0.29, 0.717) is 5.56 Å². The molecule has 3 aromatic rings. The first-order valence-electron chi connectivity index (χ1n) is 6.97. The summed E-state index contributed by atoms with van der Waals surface area (Å²) >= 11 is 0. The molecule has 1 aliphatic rings. The summed E-state index contributed by atoms with van der Waals surface area (Å²) in [6.45, 7) is 0. The van der Waals surface area contributed by atoms with Crippen LogP contribution in [0.15, 0.2) is 66.7 Å². The Balaban J connectivity index is 1.83. The third kappa shape index (κ3) is 1.94. The molecule has 3 aromatic carbocycles. The zero-order chi connectivity index (χ0) is 14.2. The molecule has 1 heterocycles. The maximum Gasteiger partial charge on any atom is 0.255 e. The molecule has 1 amide bonds. The summed E-state index contributed by atoms with van der Waals surface area (Å²) < 4.78 is 0. The van der Waals surface area contributed by atoms with Crippen molar-refractivity contribution >= 4 is 22.4 Å². The van der Waals surface area contributed by atoms with Crippen LogP contribution in [0.4, 0.5) is 5.69 Å². The van der Waals surface area contributed by atoms with Crippen LogP contribution in [0.2, 0.25) is 0 Å². The molecule has 0 bridgehead atoms. The molecule has 0 aromatic heterocycles. The van der Waals surface area contributed by atoms with Gasteiger partial charge in [0, 0.05) is 11.3 Å². The maximum absolute atomic E-state index is 12.3. The summed E-state index contributed by atoms with van der Waals surface area (Å²) in [5.74, 6) is -0.0396. The molecule has 0 unspecified atom stereocenters. The van der Waals surface area contributed by atoms with Gasteiger partial charge >= 0.3 is 0 Å². The molecular weight excluding hydrogens is 260 g/mol. The molecule has 1 aliphatic heterocycles. The SMILES string of the molecule is O=C1N[C@H](c2cccc3ccccc23)Nc2ccccc21. The van der Waals surface area contributed by atoms with Crippen LogP contribution < -0.4 is 10.6 Å². The molecule has 2 N–H and O–H groups in total. The fraction of sp³-hybridized carbons (Fsp3) is 0.0556. The maximum atomic E-state index is 12.3. The van der Waals surface area contributed by atoms with E-state index in [9.17, 15) is 4.79 Å². The number of amides is 1. The second kappa shape index (κ2) is 4.63. The molecule has 0 aliphatic carbocycles. The number of rotatable bonds is 1. The fourth-order valence-corrected chi connectivity index (χ4v) is 2.87. The highest BCUT2D eigenvalue weighted by atomic mass is 16.2. The van der Waals surface area contributed by atoms with Gasteiger partial charge in [0.1, 0.15) is 6.17 Å². The summed E-state index contributed by atoms with van der Waals surface area (Å²) in [5, 5.41) is 8.76. The van der Waals surface area contributed by atoms with E-state index in [0.717, 1.165) is 16.6 Å². The molecule has 102 valence electrons. The summed E-state index contributed by atoms with van der Waals surface area (Å²) in [6.07, 6.45) is -0.210. The van der Waals surface area contributed by atoms with Gasteiger partial charge in [-0.3, -0.25) is 4.79 Å². The first-order valence-corrected chi connectivity index (χ1v) is 6.97. The second-order valence-electron chi connectivity index (χ2n) is 5.16. The van der Waals surface area contributed by atoms with Crippen molar-refractivity contribution < 1.29 is 4.79 Å². The van der Waals surface area contributed by atoms with Gasteiger partial charge < -0.3 is 10.6 Å². The minimum Gasteiger partial charge on any atom is -0.361 e. The Labute approximate surface area is 122 Å². The van der Waals surface area contributed by atoms with Gasteiger partial charge in [0.05, 0.1) is 5.56 Å². The number of hydrogen-bond acceptors (Lipinski definition) is 2. The number of fused-ring (bicyclic) bond motifs is 2. The Morgan fingerprint density at radius 2 is 1.52 bits per heavy atom. The number of nitrogens with one attached hydrogen (secondary N) is 2. The van der Waals surface area contributed by atoms with Crippen LogP contribution in [0.5, 0.6) is 0 Å². The topological polar surface area (TPSA) is 41.1 Å². The van der Waals surface area contributed by atoms with Crippen molar-refractivity contribution in [3.63, 3.8) is 0 Å². The van der Waals surface area contributed by atoms with E-state index in [1.54, 1.807) is 0 Å². The van der Waals surface area contributed by atoms with E-state index in [-0.39, 0.29) is 12.1 Å². The lowest BCUT2D eigenvalue weighted by Gasteiger charge is -2.28. The zero-order valence-corrected chi connectivity index (χ0v) is 11.3. The minimum atomic E-state index is -0.210. The lowest BCUT2D eigenvalue weighted by Crippen LogP contribution is -2.38. The molecule has 1 atom stereocenters. The van der Waals surface area contributed by atoms with Crippen molar-refractivity contribution in [2.24, 2.45) is 0 Å². The quantitative estimate of drug-likeness (QED) is 0.710. The Morgan fingerprint density at radius 1 is 0.762 bits per heavy atom. The van der Waals surface area contributed by atoms with Crippen molar-refractivity contribution in [1.29, 1.82) is 0 Å². The predicted molar refractivity (Wildman–Crippen MR) is 84.2 cm³/mol. The van der Waals surface area contributed by atoms with Crippen molar-refractivity contribution in [3.8, 4) is 0 Å². The summed E-state index contributed by atoms with van der Waals surface area (Å²) in [6, 6.07) is 21.9.